The van der Waals surface area contributed by atoms with Gasteiger partial charge in [-0.3, -0.25) is 9.20 Å². The lowest BCUT2D eigenvalue weighted by Gasteiger charge is -2.04. The molecule has 3 aromatic rings. The zero-order valence-corrected chi connectivity index (χ0v) is 10.2. The molecule has 0 saturated heterocycles. The van der Waals surface area contributed by atoms with Gasteiger partial charge in [0.2, 0.25) is 5.65 Å². The summed E-state index contributed by atoms with van der Waals surface area (Å²) in [7, 11) is 0. The number of imidazole rings is 1. The van der Waals surface area contributed by atoms with E-state index >= 15 is 0 Å². The normalized spacial score (nSPS) is 11.2. The summed E-state index contributed by atoms with van der Waals surface area (Å²) < 4.78 is 1.62. The highest BCUT2D eigenvalue weighted by atomic mass is 16.4. The van der Waals surface area contributed by atoms with E-state index in [1.165, 1.54) is 0 Å². The fraction of sp³-hybridized carbons (Fsp3) is 0.154. The zero-order chi connectivity index (χ0) is 13.6. The van der Waals surface area contributed by atoms with Crippen molar-refractivity contribution in [1.82, 2.24) is 14.4 Å². The third-order valence-corrected chi connectivity index (χ3v) is 3.11. The maximum atomic E-state index is 12.0. The van der Waals surface area contributed by atoms with Crippen LogP contribution < -0.4 is 5.56 Å². The van der Waals surface area contributed by atoms with Crippen molar-refractivity contribution in [3.8, 4) is 0 Å². The van der Waals surface area contributed by atoms with Crippen molar-refractivity contribution < 1.29 is 9.90 Å². The van der Waals surface area contributed by atoms with Crippen molar-refractivity contribution in [2.75, 3.05) is 0 Å². The molecular formula is C13H11N3O3. The molecule has 0 atom stereocenters. The number of aromatic carboxylic acids is 1. The molecule has 0 saturated carbocycles. The zero-order valence-electron chi connectivity index (χ0n) is 10.2. The van der Waals surface area contributed by atoms with Gasteiger partial charge < -0.3 is 10.1 Å². The molecule has 0 bridgehead atoms. The van der Waals surface area contributed by atoms with Crippen LogP contribution in [0.3, 0.4) is 0 Å². The van der Waals surface area contributed by atoms with E-state index in [-0.39, 0.29) is 16.9 Å². The van der Waals surface area contributed by atoms with Gasteiger partial charge in [0.1, 0.15) is 0 Å². The van der Waals surface area contributed by atoms with Gasteiger partial charge in [0.15, 0.2) is 5.69 Å². The fourth-order valence-electron chi connectivity index (χ4n) is 2.32. The molecule has 0 fully saturated rings. The number of H-pyrrole nitrogens is 1. The van der Waals surface area contributed by atoms with Crippen molar-refractivity contribution in [2.24, 2.45) is 0 Å². The average Bonchev–Trinajstić information content (AvgIpc) is 2.79. The Balaban J connectivity index is 2.62. The lowest BCUT2D eigenvalue weighted by molar-refractivity contribution is 0.0690. The lowest BCUT2D eigenvalue weighted by Crippen LogP contribution is -2.11. The molecule has 0 unspecified atom stereocenters. The first-order valence-electron chi connectivity index (χ1n) is 5.89. The third-order valence-electron chi connectivity index (χ3n) is 3.11. The third kappa shape index (κ3) is 1.53. The Morgan fingerprint density at radius 1 is 1.42 bits per heavy atom. The Hall–Kier alpha value is -2.63. The molecule has 96 valence electrons. The maximum absolute atomic E-state index is 12.0. The standard InChI is InChI=1S/C13H11N3O3/c1-2-8-10(13(18)19)15-11-12(17)14-7-5-3-4-6-9(7)16(8)11/h3-6H,2H2,1H3,(H,14,17)(H,18,19). The summed E-state index contributed by atoms with van der Waals surface area (Å²) in [5, 5.41) is 9.17. The number of hydrogen-bond acceptors (Lipinski definition) is 3. The molecule has 6 nitrogen and oxygen atoms in total. The van der Waals surface area contributed by atoms with Crippen LogP contribution in [0.5, 0.6) is 0 Å². The highest BCUT2D eigenvalue weighted by Crippen LogP contribution is 2.17. The van der Waals surface area contributed by atoms with Gasteiger partial charge in [-0.2, -0.15) is 0 Å². The van der Waals surface area contributed by atoms with E-state index in [1.807, 2.05) is 25.1 Å². The highest BCUT2D eigenvalue weighted by Gasteiger charge is 2.20. The summed E-state index contributed by atoms with van der Waals surface area (Å²) in [4.78, 5) is 29.8. The molecule has 3 rings (SSSR count). The number of aryl methyl sites for hydroxylation is 1. The SMILES string of the molecule is CCc1c(C(=O)O)nc2c(=O)[nH]c3ccccc3n12. The molecule has 0 radical (unpaired) electrons. The number of para-hydroxylation sites is 2. The van der Waals surface area contributed by atoms with E-state index in [1.54, 1.807) is 10.5 Å². The number of hydrogen-bond donors (Lipinski definition) is 2. The highest BCUT2D eigenvalue weighted by molar-refractivity contribution is 5.89. The topological polar surface area (TPSA) is 87.5 Å². The number of rotatable bonds is 2. The summed E-state index contributed by atoms with van der Waals surface area (Å²) in [6, 6.07) is 7.24. The van der Waals surface area contributed by atoms with Crippen LogP contribution in [-0.2, 0) is 6.42 Å². The largest absolute Gasteiger partial charge is 0.476 e. The van der Waals surface area contributed by atoms with Gasteiger partial charge in [-0.15, -0.1) is 0 Å². The van der Waals surface area contributed by atoms with Crippen LogP contribution in [-0.4, -0.2) is 25.4 Å². The minimum Gasteiger partial charge on any atom is -0.476 e. The van der Waals surface area contributed by atoms with Crippen LogP contribution in [0.1, 0.15) is 23.1 Å². The molecule has 1 aromatic carbocycles. The quantitative estimate of drug-likeness (QED) is 0.727. The Kier molecular flexibility index (Phi) is 2.38. The number of fused-ring (bicyclic) bond motifs is 3. The number of aromatic nitrogens is 3. The second-order valence-corrected chi connectivity index (χ2v) is 4.20. The van der Waals surface area contributed by atoms with Crippen molar-refractivity contribution >= 4 is 22.6 Å². The van der Waals surface area contributed by atoms with Crippen LogP contribution in [0, 0.1) is 0 Å². The minimum absolute atomic E-state index is 0.0654. The lowest BCUT2D eigenvalue weighted by atomic mass is 10.2. The molecular weight excluding hydrogens is 246 g/mol. The van der Waals surface area contributed by atoms with Crippen LogP contribution >= 0.6 is 0 Å². The van der Waals surface area contributed by atoms with Crippen LogP contribution in [0.25, 0.3) is 16.7 Å². The summed E-state index contributed by atoms with van der Waals surface area (Å²) in [5.41, 5.74) is 1.60. The van der Waals surface area contributed by atoms with E-state index in [4.69, 9.17) is 0 Å². The Bertz CT molecular complexity index is 861. The number of benzene rings is 1. The van der Waals surface area contributed by atoms with Gasteiger partial charge in [-0.1, -0.05) is 19.1 Å². The number of nitrogens with zero attached hydrogens (tertiary/aromatic N) is 2. The van der Waals surface area contributed by atoms with Crippen LogP contribution in [0.4, 0.5) is 0 Å². The van der Waals surface area contributed by atoms with Crippen molar-refractivity contribution in [3.63, 3.8) is 0 Å². The van der Waals surface area contributed by atoms with Crippen LogP contribution in [0.2, 0.25) is 0 Å². The Labute approximate surface area is 107 Å². The molecule has 2 heterocycles. The molecule has 0 aliphatic rings. The minimum atomic E-state index is -1.12. The summed E-state index contributed by atoms with van der Waals surface area (Å²) in [6.45, 7) is 1.84. The second kappa shape index (κ2) is 3.94. The molecule has 0 amide bonds. The van der Waals surface area contributed by atoms with Gasteiger partial charge in [-0.05, 0) is 18.6 Å². The van der Waals surface area contributed by atoms with E-state index in [9.17, 15) is 14.7 Å². The molecule has 2 aromatic heterocycles. The van der Waals surface area contributed by atoms with E-state index < -0.39 is 5.97 Å². The fourth-order valence-corrected chi connectivity index (χ4v) is 2.32. The van der Waals surface area contributed by atoms with E-state index in [0.717, 1.165) is 5.52 Å². The molecule has 19 heavy (non-hydrogen) atoms. The summed E-state index contributed by atoms with van der Waals surface area (Å²) >= 11 is 0. The summed E-state index contributed by atoms with van der Waals surface area (Å²) in [5.74, 6) is -1.12. The van der Waals surface area contributed by atoms with Crippen molar-refractivity contribution in [2.45, 2.75) is 13.3 Å². The van der Waals surface area contributed by atoms with Gasteiger partial charge in [0.05, 0.1) is 16.7 Å². The average molecular weight is 257 g/mol. The Morgan fingerprint density at radius 2 is 2.16 bits per heavy atom. The smallest absolute Gasteiger partial charge is 0.356 e. The van der Waals surface area contributed by atoms with Gasteiger partial charge in [-0.25, -0.2) is 9.78 Å². The molecule has 0 aliphatic carbocycles. The monoisotopic (exact) mass is 257 g/mol. The van der Waals surface area contributed by atoms with E-state index in [2.05, 4.69) is 9.97 Å². The molecule has 2 N–H and O–H groups in total. The number of aromatic amines is 1. The first-order valence-corrected chi connectivity index (χ1v) is 5.89. The second-order valence-electron chi connectivity index (χ2n) is 4.20. The molecule has 6 heteroatoms. The first-order chi connectivity index (χ1) is 9.13. The van der Waals surface area contributed by atoms with E-state index in [0.29, 0.717) is 17.6 Å². The molecule has 0 aliphatic heterocycles. The predicted molar refractivity (Wildman–Crippen MR) is 69.7 cm³/mol. The van der Waals surface area contributed by atoms with Crippen molar-refractivity contribution in [1.29, 1.82) is 0 Å². The number of nitrogens with one attached hydrogen (secondary N) is 1. The number of carboxylic acids is 1. The maximum Gasteiger partial charge on any atom is 0.356 e. The van der Waals surface area contributed by atoms with Crippen LogP contribution in [0.15, 0.2) is 29.1 Å². The summed E-state index contributed by atoms with van der Waals surface area (Å²) in [6.07, 6.45) is 0.482. The van der Waals surface area contributed by atoms with Gasteiger partial charge >= 0.3 is 5.97 Å². The number of carboxylic acid groups (broad SMARTS) is 1. The first kappa shape index (κ1) is 11.5. The predicted octanol–water partition coefficient (Wildman–Crippen LogP) is 1.44. The van der Waals surface area contributed by atoms with Gasteiger partial charge in [0.25, 0.3) is 5.56 Å². The van der Waals surface area contributed by atoms with Gasteiger partial charge in [0, 0.05) is 0 Å². The number of carbonyl (C=O) groups is 1. The van der Waals surface area contributed by atoms with Crippen molar-refractivity contribution in [3.05, 3.63) is 46.0 Å². The molecule has 0 spiro atoms. The Morgan fingerprint density at radius 3 is 2.84 bits per heavy atom.